The molecule has 0 unspecified atom stereocenters. The number of allylic oxidation sites excluding steroid dienone is 2. The Balaban J connectivity index is 1.59. The molecule has 0 heterocycles. The summed E-state index contributed by atoms with van der Waals surface area (Å²) in [7, 11) is 3.51. The number of fused-ring (bicyclic) bond motifs is 5. The van der Waals surface area contributed by atoms with Gasteiger partial charge in [-0.05, 0) is 80.5 Å². The van der Waals surface area contributed by atoms with Crippen LogP contribution >= 0.6 is 0 Å². The minimum atomic E-state index is -0.469. The van der Waals surface area contributed by atoms with E-state index >= 15 is 0 Å². The van der Waals surface area contributed by atoms with Crippen molar-refractivity contribution in [2.45, 2.75) is 77.1 Å². The Hall–Kier alpha value is -0.380. The molecule has 142 valence electrons. The molecule has 0 saturated heterocycles. The number of hydrogen-bond donors (Lipinski definition) is 1. The fraction of sp³-hybridized carbons (Fsp3) is 0.909. The third-order valence-corrected chi connectivity index (χ3v) is 8.95. The molecule has 0 aliphatic heterocycles. The van der Waals surface area contributed by atoms with Gasteiger partial charge in [-0.25, -0.2) is 0 Å². The summed E-state index contributed by atoms with van der Waals surface area (Å²) < 4.78 is 11.5. The second-order valence-corrected chi connectivity index (χ2v) is 9.44. The summed E-state index contributed by atoms with van der Waals surface area (Å²) in [5.41, 5.74) is 2.09. The van der Waals surface area contributed by atoms with Gasteiger partial charge in [-0.1, -0.05) is 18.6 Å². The number of aliphatic hydroxyl groups excluding tert-OH is 1. The van der Waals surface area contributed by atoms with E-state index in [1.54, 1.807) is 19.8 Å². The van der Waals surface area contributed by atoms with Gasteiger partial charge in [0.15, 0.2) is 5.79 Å². The van der Waals surface area contributed by atoms with Crippen molar-refractivity contribution in [2.75, 3.05) is 14.2 Å². The Morgan fingerprint density at radius 3 is 2.36 bits per heavy atom. The van der Waals surface area contributed by atoms with Crippen molar-refractivity contribution in [2.24, 2.45) is 35.0 Å². The van der Waals surface area contributed by atoms with E-state index in [4.69, 9.17) is 9.47 Å². The lowest BCUT2D eigenvalue weighted by Gasteiger charge is -2.58. The van der Waals surface area contributed by atoms with Gasteiger partial charge < -0.3 is 14.6 Å². The maximum atomic E-state index is 11.1. The Kier molecular flexibility index (Phi) is 4.57. The molecular formula is C22H36O3. The lowest BCUT2D eigenvalue weighted by Crippen LogP contribution is -2.55. The van der Waals surface area contributed by atoms with Crippen molar-refractivity contribution in [1.29, 1.82) is 0 Å². The van der Waals surface area contributed by atoms with Crippen molar-refractivity contribution >= 4 is 0 Å². The Labute approximate surface area is 153 Å². The standard InChI is InChI=1S/C22H36O3/c1-5-14-6-7-19-17-12-20(23)18-13-22(24-3,25-4)11-9-16(18)15(17)8-10-21(14,19)2/h5,15-20,23H,6-13H2,1-4H3/t15-,16-,17-,18-,19+,20-,21-/m1/s1. The predicted molar refractivity (Wildman–Crippen MR) is 99.0 cm³/mol. The van der Waals surface area contributed by atoms with Crippen LogP contribution in [0.2, 0.25) is 0 Å². The largest absolute Gasteiger partial charge is 0.393 e. The van der Waals surface area contributed by atoms with Crippen molar-refractivity contribution in [3.63, 3.8) is 0 Å². The molecular weight excluding hydrogens is 312 g/mol. The highest BCUT2D eigenvalue weighted by Crippen LogP contribution is 2.64. The molecule has 0 amide bonds. The average molecular weight is 349 g/mol. The van der Waals surface area contributed by atoms with Gasteiger partial charge in [0, 0.05) is 27.1 Å². The van der Waals surface area contributed by atoms with Crippen LogP contribution in [0.3, 0.4) is 0 Å². The normalized spacial score (nSPS) is 50.2. The molecule has 7 atom stereocenters. The molecule has 4 saturated carbocycles. The van der Waals surface area contributed by atoms with Gasteiger partial charge in [-0.2, -0.15) is 0 Å². The molecule has 0 aromatic rings. The first-order valence-corrected chi connectivity index (χ1v) is 10.4. The molecule has 3 nitrogen and oxygen atoms in total. The molecule has 0 spiro atoms. The van der Waals surface area contributed by atoms with E-state index in [-0.39, 0.29) is 6.10 Å². The molecule has 4 fully saturated rings. The van der Waals surface area contributed by atoms with E-state index < -0.39 is 5.79 Å². The van der Waals surface area contributed by atoms with Gasteiger partial charge in [0.05, 0.1) is 6.10 Å². The van der Waals surface area contributed by atoms with Crippen molar-refractivity contribution in [3.8, 4) is 0 Å². The first-order valence-electron chi connectivity index (χ1n) is 10.4. The molecule has 0 aromatic carbocycles. The second kappa shape index (κ2) is 6.35. The minimum absolute atomic E-state index is 0.187. The molecule has 0 bridgehead atoms. The van der Waals surface area contributed by atoms with Gasteiger partial charge in [-0.15, -0.1) is 0 Å². The lowest BCUT2D eigenvalue weighted by atomic mass is 9.49. The van der Waals surface area contributed by atoms with E-state index in [1.165, 1.54) is 25.7 Å². The van der Waals surface area contributed by atoms with Gasteiger partial charge in [0.2, 0.25) is 0 Å². The number of hydrogen-bond acceptors (Lipinski definition) is 3. The second-order valence-electron chi connectivity index (χ2n) is 9.44. The zero-order valence-corrected chi connectivity index (χ0v) is 16.5. The summed E-state index contributed by atoms with van der Waals surface area (Å²) in [6.45, 7) is 4.73. The van der Waals surface area contributed by atoms with Crippen LogP contribution < -0.4 is 0 Å². The quantitative estimate of drug-likeness (QED) is 0.588. The Morgan fingerprint density at radius 1 is 1.00 bits per heavy atom. The van der Waals surface area contributed by atoms with Gasteiger partial charge in [-0.3, -0.25) is 0 Å². The molecule has 4 rings (SSSR count). The van der Waals surface area contributed by atoms with Crippen LogP contribution in [0.5, 0.6) is 0 Å². The highest BCUT2D eigenvalue weighted by molar-refractivity contribution is 5.23. The zero-order chi connectivity index (χ0) is 17.8. The third-order valence-electron chi connectivity index (χ3n) is 8.95. The number of ether oxygens (including phenoxy) is 2. The monoisotopic (exact) mass is 348 g/mol. The fourth-order valence-electron chi connectivity index (χ4n) is 7.58. The Bertz CT molecular complexity index is 537. The van der Waals surface area contributed by atoms with E-state index in [0.29, 0.717) is 23.2 Å². The van der Waals surface area contributed by atoms with Crippen LogP contribution in [0, 0.1) is 35.0 Å². The zero-order valence-electron chi connectivity index (χ0n) is 16.5. The molecule has 0 radical (unpaired) electrons. The maximum Gasteiger partial charge on any atom is 0.167 e. The number of methoxy groups -OCH3 is 2. The van der Waals surface area contributed by atoms with Crippen molar-refractivity contribution < 1.29 is 14.6 Å². The summed E-state index contributed by atoms with van der Waals surface area (Å²) in [5, 5.41) is 11.1. The molecule has 0 aromatic heterocycles. The van der Waals surface area contributed by atoms with Crippen molar-refractivity contribution in [3.05, 3.63) is 11.6 Å². The van der Waals surface area contributed by atoms with Crippen LogP contribution in [-0.2, 0) is 9.47 Å². The SMILES string of the molecule is CC=C1CC[C@H]2[C@@H]3C[C@@H](O)[C@@H]4CC(OC)(OC)CC[C@@H]4[C@H]3CC[C@]12C. The predicted octanol–water partition coefficient (Wildman–Crippen LogP) is 4.55. The Morgan fingerprint density at radius 2 is 1.68 bits per heavy atom. The van der Waals surface area contributed by atoms with E-state index in [1.807, 2.05) is 0 Å². The van der Waals surface area contributed by atoms with Gasteiger partial charge in [0.1, 0.15) is 0 Å². The van der Waals surface area contributed by atoms with Crippen molar-refractivity contribution in [1.82, 2.24) is 0 Å². The molecule has 4 aliphatic carbocycles. The van der Waals surface area contributed by atoms with Crippen LogP contribution in [0.15, 0.2) is 11.6 Å². The van der Waals surface area contributed by atoms with Crippen LogP contribution in [-0.4, -0.2) is 31.2 Å². The summed E-state index contributed by atoms with van der Waals surface area (Å²) in [5.74, 6) is 2.83. The van der Waals surface area contributed by atoms with Gasteiger partial charge in [0.25, 0.3) is 0 Å². The smallest absolute Gasteiger partial charge is 0.167 e. The lowest BCUT2D eigenvalue weighted by molar-refractivity contribution is -0.256. The molecule has 4 aliphatic rings. The minimum Gasteiger partial charge on any atom is -0.393 e. The average Bonchev–Trinajstić information content (AvgIpc) is 2.98. The molecule has 1 N–H and O–H groups in total. The van der Waals surface area contributed by atoms with Gasteiger partial charge >= 0.3 is 0 Å². The number of aliphatic hydroxyl groups is 1. The maximum absolute atomic E-state index is 11.1. The number of rotatable bonds is 2. The van der Waals surface area contributed by atoms with Crippen LogP contribution in [0.1, 0.15) is 65.2 Å². The van der Waals surface area contributed by atoms with E-state index in [9.17, 15) is 5.11 Å². The first-order chi connectivity index (χ1) is 12.0. The fourth-order valence-corrected chi connectivity index (χ4v) is 7.58. The summed E-state index contributed by atoms with van der Waals surface area (Å²) in [6.07, 6.45) is 11.5. The summed E-state index contributed by atoms with van der Waals surface area (Å²) >= 11 is 0. The summed E-state index contributed by atoms with van der Waals surface area (Å²) in [6, 6.07) is 0. The summed E-state index contributed by atoms with van der Waals surface area (Å²) in [4.78, 5) is 0. The van der Waals surface area contributed by atoms with E-state index in [0.717, 1.165) is 37.5 Å². The highest BCUT2D eigenvalue weighted by Gasteiger charge is 2.58. The van der Waals surface area contributed by atoms with E-state index in [2.05, 4.69) is 19.9 Å². The third kappa shape index (κ3) is 2.56. The molecule has 3 heteroatoms. The molecule has 25 heavy (non-hydrogen) atoms. The highest BCUT2D eigenvalue weighted by atomic mass is 16.7. The first kappa shape index (κ1) is 18.0. The van der Waals surface area contributed by atoms with Crippen LogP contribution in [0.4, 0.5) is 0 Å². The van der Waals surface area contributed by atoms with Crippen LogP contribution in [0.25, 0.3) is 0 Å². The topological polar surface area (TPSA) is 38.7 Å².